The number of hydrazone groups is 1. The van der Waals surface area contributed by atoms with E-state index in [0.717, 1.165) is 0 Å². The molecule has 8 nitrogen and oxygen atoms in total. The van der Waals surface area contributed by atoms with Gasteiger partial charge in [0.2, 0.25) is 0 Å². The number of nitrogens with zero attached hydrogens (tertiary/aromatic N) is 2. The summed E-state index contributed by atoms with van der Waals surface area (Å²) in [6, 6.07) is 8.06. The number of aromatic nitrogens is 1. The van der Waals surface area contributed by atoms with Crippen molar-refractivity contribution in [3.05, 3.63) is 53.9 Å². The molecule has 0 unspecified atom stereocenters. The quantitative estimate of drug-likeness (QED) is 0.390. The highest BCUT2D eigenvalue weighted by atomic mass is 16.6. The van der Waals surface area contributed by atoms with Crippen LogP contribution < -0.4 is 14.9 Å². The fraction of sp³-hybridized carbons (Fsp3) is 0.125. The highest BCUT2D eigenvalue weighted by molar-refractivity contribution is 5.91. The van der Waals surface area contributed by atoms with E-state index < -0.39 is 12.1 Å². The van der Waals surface area contributed by atoms with Gasteiger partial charge in [0, 0.05) is 12.4 Å². The smallest absolute Gasteiger partial charge is 0.427 e. The molecule has 0 spiro atoms. The molecule has 0 radical (unpaired) electrons. The third kappa shape index (κ3) is 4.54. The Kier molecular flexibility index (Phi) is 5.84. The number of benzene rings is 1. The molecule has 0 fully saturated rings. The average Bonchev–Trinajstić information content (AvgIpc) is 2.63. The van der Waals surface area contributed by atoms with E-state index in [1.165, 1.54) is 26.6 Å². The minimum atomic E-state index is -0.680. The number of nitrogens with one attached hydrogen (secondary N) is 1. The van der Waals surface area contributed by atoms with Crippen LogP contribution in [0.25, 0.3) is 0 Å². The summed E-state index contributed by atoms with van der Waals surface area (Å²) in [6.45, 7) is 0. The van der Waals surface area contributed by atoms with Crippen molar-refractivity contribution < 1.29 is 23.8 Å². The van der Waals surface area contributed by atoms with E-state index in [1.807, 2.05) is 0 Å². The molecule has 0 aliphatic rings. The highest BCUT2D eigenvalue weighted by Gasteiger charge is 2.12. The van der Waals surface area contributed by atoms with E-state index in [2.05, 4.69) is 20.2 Å². The molecule has 8 heteroatoms. The van der Waals surface area contributed by atoms with E-state index in [0.29, 0.717) is 16.9 Å². The topological polar surface area (TPSA) is 99.1 Å². The zero-order valence-corrected chi connectivity index (χ0v) is 13.1. The fourth-order valence-corrected chi connectivity index (χ4v) is 1.70. The van der Waals surface area contributed by atoms with Crippen LogP contribution in [0.4, 0.5) is 4.79 Å². The summed E-state index contributed by atoms with van der Waals surface area (Å²) in [7, 11) is 2.68. The van der Waals surface area contributed by atoms with Gasteiger partial charge in [-0.15, -0.1) is 0 Å². The second kappa shape index (κ2) is 8.28. The van der Waals surface area contributed by atoms with E-state index in [9.17, 15) is 9.59 Å². The molecule has 24 heavy (non-hydrogen) atoms. The van der Waals surface area contributed by atoms with Gasteiger partial charge in [-0.05, 0) is 35.9 Å². The number of methoxy groups -OCH3 is 2. The Hall–Kier alpha value is -3.42. The molecule has 0 bridgehead atoms. The van der Waals surface area contributed by atoms with Crippen LogP contribution in [0.5, 0.6) is 11.5 Å². The van der Waals surface area contributed by atoms with E-state index in [1.54, 1.807) is 36.5 Å². The number of hydrogen-bond donors (Lipinski definition) is 1. The van der Waals surface area contributed by atoms with Crippen molar-refractivity contribution in [2.24, 2.45) is 5.10 Å². The fourth-order valence-electron chi connectivity index (χ4n) is 1.70. The van der Waals surface area contributed by atoms with Gasteiger partial charge in [-0.3, -0.25) is 4.98 Å². The van der Waals surface area contributed by atoms with Crippen molar-refractivity contribution in [2.45, 2.75) is 0 Å². The number of carbonyl (C=O) groups excluding carboxylic acids is 2. The summed E-state index contributed by atoms with van der Waals surface area (Å²) in [4.78, 5) is 26.8. The zero-order valence-electron chi connectivity index (χ0n) is 13.1. The first kappa shape index (κ1) is 16.9. The van der Waals surface area contributed by atoms with Crippen LogP contribution in [-0.4, -0.2) is 37.5 Å². The van der Waals surface area contributed by atoms with Crippen LogP contribution in [0.1, 0.15) is 15.9 Å². The second-order valence-corrected chi connectivity index (χ2v) is 4.40. The Labute approximate surface area is 138 Å². The Morgan fingerprint density at radius 2 is 2.04 bits per heavy atom. The summed E-state index contributed by atoms with van der Waals surface area (Å²) in [5.74, 6) is 0.0499. The normalized spacial score (nSPS) is 10.2. The number of rotatable bonds is 5. The molecular weight excluding hydrogens is 314 g/mol. The Morgan fingerprint density at radius 3 is 2.71 bits per heavy atom. The SMILES string of the molecule is COC(=O)N/N=C/c1ccc(OC(=O)c2cccnc2)c(OC)c1. The molecule has 0 aliphatic carbocycles. The second-order valence-electron chi connectivity index (χ2n) is 4.40. The Bertz CT molecular complexity index is 747. The van der Waals surface area contributed by atoms with Gasteiger partial charge in [0.25, 0.3) is 0 Å². The molecule has 124 valence electrons. The van der Waals surface area contributed by atoms with Crippen molar-refractivity contribution in [3.8, 4) is 11.5 Å². The third-order valence-corrected chi connectivity index (χ3v) is 2.84. The van der Waals surface area contributed by atoms with Gasteiger partial charge in [-0.25, -0.2) is 15.0 Å². The van der Waals surface area contributed by atoms with Gasteiger partial charge in [-0.1, -0.05) is 0 Å². The Morgan fingerprint density at radius 1 is 1.21 bits per heavy atom. The van der Waals surface area contributed by atoms with Crippen LogP contribution >= 0.6 is 0 Å². The van der Waals surface area contributed by atoms with Gasteiger partial charge in [0.15, 0.2) is 11.5 Å². The summed E-state index contributed by atoms with van der Waals surface area (Å²) < 4.78 is 14.9. The maximum absolute atomic E-state index is 12.0. The number of carbonyl (C=O) groups is 2. The summed E-state index contributed by atoms with van der Waals surface area (Å²) in [5, 5.41) is 3.70. The first-order valence-corrected chi connectivity index (χ1v) is 6.81. The van der Waals surface area contributed by atoms with Gasteiger partial charge in [-0.2, -0.15) is 5.10 Å². The summed E-state index contributed by atoms with van der Waals surface area (Å²) >= 11 is 0. The van der Waals surface area contributed by atoms with Gasteiger partial charge in [0.05, 0.1) is 26.0 Å². The minimum Gasteiger partial charge on any atom is -0.493 e. The Balaban J connectivity index is 2.11. The number of amides is 1. The lowest BCUT2D eigenvalue weighted by molar-refractivity contribution is 0.0729. The molecule has 1 amide bonds. The third-order valence-electron chi connectivity index (χ3n) is 2.84. The molecular formula is C16H15N3O5. The first-order chi connectivity index (χ1) is 11.6. The monoisotopic (exact) mass is 329 g/mol. The molecule has 2 rings (SSSR count). The number of pyridine rings is 1. The molecule has 1 N–H and O–H groups in total. The van der Waals surface area contributed by atoms with Crippen molar-refractivity contribution in [1.29, 1.82) is 0 Å². The van der Waals surface area contributed by atoms with Crippen molar-refractivity contribution in [1.82, 2.24) is 10.4 Å². The molecule has 0 saturated heterocycles. The molecule has 0 atom stereocenters. The lowest BCUT2D eigenvalue weighted by atomic mass is 10.2. The van der Waals surface area contributed by atoms with Crippen molar-refractivity contribution in [3.63, 3.8) is 0 Å². The zero-order chi connectivity index (χ0) is 17.4. The van der Waals surface area contributed by atoms with Gasteiger partial charge in [0.1, 0.15) is 0 Å². The minimum absolute atomic E-state index is 0.254. The number of hydrogen-bond acceptors (Lipinski definition) is 7. The van der Waals surface area contributed by atoms with Gasteiger partial charge < -0.3 is 14.2 Å². The van der Waals surface area contributed by atoms with Crippen LogP contribution in [0.3, 0.4) is 0 Å². The predicted octanol–water partition coefficient (Wildman–Crippen LogP) is 2.00. The molecule has 1 heterocycles. The molecule has 2 aromatic rings. The molecule has 0 saturated carbocycles. The number of esters is 1. The van der Waals surface area contributed by atoms with E-state index >= 15 is 0 Å². The van der Waals surface area contributed by atoms with Crippen LogP contribution in [0, 0.1) is 0 Å². The molecule has 1 aromatic heterocycles. The summed E-state index contributed by atoms with van der Waals surface area (Å²) in [6.07, 6.45) is 3.69. The van der Waals surface area contributed by atoms with Crippen molar-refractivity contribution >= 4 is 18.3 Å². The van der Waals surface area contributed by atoms with Gasteiger partial charge >= 0.3 is 12.1 Å². The maximum Gasteiger partial charge on any atom is 0.427 e. The molecule has 0 aliphatic heterocycles. The maximum atomic E-state index is 12.0. The number of ether oxygens (including phenoxy) is 3. The summed E-state index contributed by atoms with van der Waals surface area (Å²) in [5.41, 5.74) is 3.12. The predicted molar refractivity (Wildman–Crippen MR) is 85.3 cm³/mol. The highest BCUT2D eigenvalue weighted by Crippen LogP contribution is 2.28. The first-order valence-electron chi connectivity index (χ1n) is 6.81. The largest absolute Gasteiger partial charge is 0.493 e. The van der Waals surface area contributed by atoms with Crippen molar-refractivity contribution in [2.75, 3.05) is 14.2 Å². The average molecular weight is 329 g/mol. The van der Waals surface area contributed by atoms with Crippen LogP contribution in [0.15, 0.2) is 47.8 Å². The van der Waals surface area contributed by atoms with E-state index in [-0.39, 0.29) is 5.75 Å². The lowest BCUT2D eigenvalue weighted by Crippen LogP contribution is -2.16. The molecule has 1 aromatic carbocycles. The standard InChI is InChI=1S/C16H15N3O5/c1-22-14-8-11(9-18-19-16(21)23-2)5-6-13(14)24-15(20)12-4-3-7-17-10-12/h3-10H,1-2H3,(H,19,21)/b18-9+. The van der Waals surface area contributed by atoms with Crippen LogP contribution in [0.2, 0.25) is 0 Å². The van der Waals surface area contributed by atoms with Crippen LogP contribution in [-0.2, 0) is 4.74 Å². The van der Waals surface area contributed by atoms with E-state index in [4.69, 9.17) is 9.47 Å². The lowest BCUT2D eigenvalue weighted by Gasteiger charge is -2.09.